The topological polar surface area (TPSA) is 96.9 Å². The van der Waals surface area contributed by atoms with Crippen molar-refractivity contribution in [1.29, 1.82) is 0 Å². The molecule has 0 fully saturated rings. The number of aromatic hydroxyl groups is 1. The summed E-state index contributed by atoms with van der Waals surface area (Å²) in [5, 5.41) is 13.8. The van der Waals surface area contributed by atoms with Crippen molar-refractivity contribution in [3.63, 3.8) is 0 Å². The predicted octanol–water partition coefficient (Wildman–Crippen LogP) is 3.32. The fraction of sp³-hybridized carbons (Fsp3) is 0.333. The third-order valence-electron chi connectivity index (χ3n) is 2.21. The molecular formula is C12H14ClFN2O5. The molecule has 0 aliphatic rings. The van der Waals surface area contributed by atoms with Gasteiger partial charge in [-0.05, 0) is 19.9 Å². The van der Waals surface area contributed by atoms with Crippen LogP contribution in [0.3, 0.4) is 0 Å². The van der Waals surface area contributed by atoms with Crippen molar-refractivity contribution >= 4 is 35.2 Å². The first-order valence-corrected chi connectivity index (χ1v) is 6.36. The minimum atomic E-state index is -0.986. The minimum absolute atomic E-state index is 0.0652. The number of halogens is 2. The summed E-state index contributed by atoms with van der Waals surface area (Å²) in [5.74, 6) is -1.74. The molecule has 0 bridgehead atoms. The Kier molecular flexibility index (Phi) is 6.04. The number of hydrogen-bond donors (Lipinski definition) is 3. The van der Waals surface area contributed by atoms with Gasteiger partial charge in [0.05, 0.1) is 18.2 Å². The number of hydrogen-bond acceptors (Lipinski definition) is 5. The molecule has 9 heteroatoms. The molecule has 0 radical (unpaired) electrons. The largest absolute Gasteiger partial charge is 0.504 e. The third-order valence-corrected chi connectivity index (χ3v) is 2.51. The molecule has 0 aliphatic heterocycles. The van der Waals surface area contributed by atoms with Gasteiger partial charge in [0.25, 0.3) is 0 Å². The number of amides is 2. The highest BCUT2D eigenvalue weighted by molar-refractivity contribution is 6.34. The Labute approximate surface area is 125 Å². The van der Waals surface area contributed by atoms with E-state index in [0.29, 0.717) is 0 Å². The Bertz CT molecular complexity index is 509. The lowest BCUT2D eigenvalue weighted by Gasteiger charge is -2.14. The van der Waals surface area contributed by atoms with Gasteiger partial charge in [-0.2, -0.15) is 0 Å². The lowest BCUT2D eigenvalue weighted by molar-refractivity contribution is 0.167. The first kappa shape index (κ1) is 16.8. The van der Waals surface area contributed by atoms with Crippen molar-refractivity contribution in [2.45, 2.75) is 13.8 Å². The van der Waals surface area contributed by atoms with Crippen molar-refractivity contribution < 1.29 is 28.6 Å². The molecule has 0 saturated carbocycles. The molecule has 7 nitrogen and oxygen atoms in total. The van der Waals surface area contributed by atoms with E-state index >= 15 is 0 Å². The number of nitrogens with one attached hydrogen (secondary N) is 2. The van der Waals surface area contributed by atoms with Crippen LogP contribution in [0.15, 0.2) is 6.07 Å². The summed E-state index contributed by atoms with van der Waals surface area (Å²) in [6.45, 7) is 3.31. The molecule has 1 rings (SSSR count). The monoisotopic (exact) mass is 320 g/mol. The molecule has 1 aromatic carbocycles. The first-order chi connectivity index (χ1) is 9.90. The summed E-state index contributed by atoms with van der Waals surface area (Å²) in [4.78, 5) is 22.6. The number of carbonyl (C=O) groups excluding carboxylic acids is 2. The van der Waals surface area contributed by atoms with Gasteiger partial charge in [-0.25, -0.2) is 14.0 Å². The molecule has 21 heavy (non-hydrogen) atoms. The molecule has 2 amide bonds. The molecule has 0 saturated heterocycles. The second kappa shape index (κ2) is 7.53. The highest BCUT2D eigenvalue weighted by Crippen LogP contribution is 2.40. The van der Waals surface area contributed by atoms with E-state index in [1.54, 1.807) is 13.8 Å². The number of ether oxygens (including phenoxy) is 2. The number of rotatable bonds is 4. The fourth-order valence-corrected chi connectivity index (χ4v) is 1.62. The van der Waals surface area contributed by atoms with Crippen LogP contribution in [0.5, 0.6) is 5.75 Å². The van der Waals surface area contributed by atoms with Gasteiger partial charge in [0.2, 0.25) is 0 Å². The van der Waals surface area contributed by atoms with Crippen molar-refractivity contribution in [3.8, 4) is 5.75 Å². The Balaban J connectivity index is 3.10. The zero-order valence-corrected chi connectivity index (χ0v) is 12.1. The van der Waals surface area contributed by atoms with Crippen molar-refractivity contribution in [3.05, 3.63) is 16.9 Å². The summed E-state index contributed by atoms with van der Waals surface area (Å²) in [7, 11) is 0. The molecule has 3 N–H and O–H groups in total. The molecule has 0 heterocycles. The number of phenols is 1. The minimum Gasteiger partial charge on any atom is -0.504 e. The highest BCUT2D eigenvalue weighted by atomic mass is 35.5. The van der Waals surface area contributed by atoms with Gasteiger partial charge in [0.15, 0.2) is 11.6 Å². The summed E-state index contributed by atoms with van der Waals surface area (Å²) in [6, 6.07) is 0.824. The zero-order chi connectivity index (χ0) is 16.0. The van der Waals surface area contributed by atoms with E-state index in [2.05, 4.69) is 14.8 Å². The number of anilines is 2. The van der Waals surface area contributed by atoms with Crippen LogP contribution in [-0.2, 0) is 9.47 Å². The number of benzene rings is 1. The summed E-state index contributed by atoms with van der Waals surface area (Å²) in [6.07, 6.45) is -1.85. The standard InChI is InChI=1S/C12H14ClFN2O5/c1-3-20-11(18)15-8-6(13)5-7(14)9(10(8)17)16-12(19)21-4-2/h5,17H,3-4H2,1-2H3,(H,15,18)(H,16,19). The van der Waals surface area contributed by atoms with Crippen molar-refractivity contribution in [2.24, 2.45) is 0 Å². The highest BCUT2D eigenvalue weighted by Gasteiger charge is 2.21. The Morgan fingerprint density at radius 2 is 1.67 bits per heavy atom. The maximum absolute atomic E-state index is 13.7. The van der Waals surface area contributed by atoms with Gasteiger partial charge in [-0.3, -0.25) is 10.6 Å². The van der Waals surface area contributed by atoms with E-state index < -0.39 is 29.4 Å². The lowest BCUT2D eigenvalue weighted by Crippen LogP contribution is -2.17. The van der Waals surface area contributed by atoms with Gasteiger partial charge >= 0.3 is 12.2 Å². The average molecular weight is 321 g/mol. The fourth-order valence-electron chi connectivity index (χ4n) is 1.38. The molecule has 1 aromatic rings. The SMILES string of the molecule is CCOC(=O)Nc1c(F)cc(Cl)c(NC(=O)OCC)c1O. The summed E-state index contributed by atoms with van der Waals surface area (Å²) in [5.41, 5.74) is -0.854. The average Bonchev–Trinajstić information content (AvgIpc) is 2.40. The molecule has 0 aliphatic carbocycles. The van der Waals surface area contributed by atoms with E-state index in [9.17, 15) is 19.1 Å². The van der Waals surface area contributed by atoms with E-state index in [-0.39, 0.29) is 23.9 Å². The Hall–Kier alpha value is -2.22. The van der Waals surface area contributed by atoms with Gasteiger partial charge in [0.1, 0.15) is 11.4 Å². The van der Waals surface area contributed by atoms with Crippen LogP contribution in [0.4, 0.5) is 25.4 Å². The van der Waals surface area contributed by atoms with E-state index in [0.717, 1.165) is 6.07 Å². The van der Waals surface area contributed by atoms with Gasteiger partial charge in [0, 0.05) is 0 Å². The van der Waals surface area contributed by atoms with Crippen LogP contribution < -0.4 is 10.6 Å². The Morgan fingerprint density at radius 3 is 2.14 bits per heavy atom. The van der Waals surface area contributed by atoms with Crippen LogP contribution in [0.25, 0.3) is 0 Å². The van der Waals surface area contributed by atoms with Crippen LogP contribution in [-0.4, -0.2) is 30.5 Å². The molecule has 0 aromatic heterocycles. The molecular weight excluding hydrogens is 307 g/mol. The van der Waals surface area contributed by atoms with Crippen molar-refractivity contribution in [2.75, 3.05) is 23.8 Å². The van der Waals surface area contributed by atoms with Crippen LogP contribution in [0, 0.1) is 5.82 Å². The second-order valence-electron chi connectivity index (χ2n) is 3.63. The van der Waals surface area contributed by atoms with Gasteiger partial charge in [-0.1, -0.05) is 11.6 Å². The maximum atomic E-state index is 13.7. The lowest BCUT2D eigenvalue weighted by atomic mass is 10.2. The molecule has 0 unspecified atom stereocenters. The number of carbonyl (C=O) groups is 2. The molecule has 0 spiro atoms. The summed E-state index contributed by atoms with van der Waals surface area (Å²) >= 11 is 5.73. The smallest absolute Gasteiger partial charge is 0.411 e. The van der Waals surface area contributed by atoms with E-state index in [4.69, 9.17) is 11.6 Å². The van der Waals surface area contributed by atoms with E-state index in [1.807, 2.05) is 5.32 Å². The van der Waals surface area contributed by atoms with Gasteiger partial charge in [-0.15, -0.1) is 0 Å². The number of phenolic OH excluding ortho intramolecular Hbond substituents is 1. The van der Waals surface area contributed by atoms with Crippen LogP contribution >= 0.6 is 11.6 Å². The first-order valence-electron chi connectivity index (χ1n) is 5.99. The second-order valence-corrected chi connectivity index (χ2v) is 4.04. The maximum Gasteiger partial charge on any atom is 0.411 e. The molecule has 0 atom stereocenters. The van der Waals surface area contributed by atoms with Crippen molar-refractivity contribution in [1.82, 2.24) is 0 Å². The van der Waals surface area contributed by atoms with E-state index in [1.165, 1.54) is 0 Å². The van der Waals surface area contributed by atoms with Crippen LogP contribution in [0.2, 0.25) is 5.02 Å². The normalized spacial score (nSPS) is 9.90. The summed E-state index contributed by atoms with van der Waals surface area (Å²) < 4.78 is 22.9. The van der Waals surface area contributed by atoms with Crippen LogP contribution in [0.1, 0.15) is 13.8 Å². The predicted molar refractivity (Wildman–Crippen MR) is 74.4 cm³/mol. The Morgan fingerprint density at radius 1 is 1.19 bits per heavy atom. The third kappa shape index (κ3) is 4.38. The quantitative estimate of drug-likeness (QED) is 0.739. The van der Waals surface area contributed by atoms with Gasteiger partial charge < -0.3 is 14.6 Å². The zero-order valence-electron chi connectivity index (χ0n) is 11.3. The molecule has 116 valence electrons.